The minimum Gasteiger partial charge on any atom is -0.396 e. The van der Waals surface area contributed by atoms with Crippen LogP contribution in [0.4, 0.5) is 0 Å². The summed E-state index contributed by atoms with van der Waals surface area (Å²) in [4.78, 5) is 2.46. The Kier molecular flexibility index (Phi) is 14.2. The van der Waals surface area contributed by atoms with Crippen LogP contribution in [-0.2, 0) is 0 Å². The molecule has 19 heavy (non-hydrogen) atoms. The van der Waals surface area contributed by atoms with Crippen molar-refractivity contribution in [2.75, 3.05) is 32.8 Å². The summed E-state index contributed by atoms with van der Waals surface area (Å²) in [5, 5.41) is 8.90. The standard InChI is InChI=1S/C16H36N2O/c1-16(2)10-6-4-3-5-7-12-18(13-8-11-17)14-9-15-19/h16,19H,3-15,17H2,1-2H3. The second-order valence-corrected chi connectivity index (χ2v) is 6.01. The quantitative estimate of drug-likeness (QED) is 0.478. The van der Waals surface area contributed by atoms with Gasteiger partial charge < -0.3 is 15.7 Å². The number of aliphatic hydroxyl groups is 1. The fraction of sp³-hybridized carbons (Fsp3) is 1.00. The number of unbranched alkanes of at least 4 members (excludes halogenated alkanes) is 4. The molecule has 0 radical (unpaired) electrons. The highest BCUT2D eigenvalue weighted by Crippen LogP contribution is 2.11. The van der Waals surface area contributed by atoms with Crippen molar-refractivity contribution in [3.05, 3.63) is 0 Å². The van der Waals surface area contributed by atoms with Gasteiger partial charge in [0.2, 0.25) is 0 Å². The molecule has 0 atom stereocenters. The molecule has 0 aromatic heterocycles. The Morgan fingerprint density at radius 2 is 1.42 bits per heavy atom. The zero-order valence-electron chi connectivity index (χ0n) is 13.2. The van der Waals surface area contributed by atoms with Crippen molar-refractivity contribution >= 4 is 0 Å². The van der Waals surface area contributed by atoms with Crippen molar-refractivity contribution in [3.8, 4) is 0 Å². The van der Waals surface area contributed by atoms with Crippen LogP contribution in [0.3, 0.4) is 0 Å². The lowest BCUT2D eigenvalue weighted by atomic mass is 10.0. The van der Waals surface area contributed by atoms with Crippen molar-refractivity contribution in [3.63, 3.8) is 0 Å². The summed E-state index contributed by atoms with van der Waals surface area (Å²) in [5.74, 6) is 0.852. The summed E-state index contributed by atoms with van der Waals surface area (Å²) in [6.07, 6.45) is 10.1. The molecule has 0 bridgehead atoms. The minimum atomic E-state index is 0.300. The van der Waals surface area contributed by atoms with Gasteiger partial charge in [0.15, 0.2) is 0 Å². The van der Waals surface area contributed by atoms with Gasteiger partial charge in [-0.2, -0.15) is 0 Å². The number of nitrogens with zero attached hydrogens (tertiary/aromatic N) is 1. The maximum atomic E-state index is 8.90. The molecule has 0 aliphatic rings. The van der Waals surface area contributed by atoms with Gasteiger partial charge >= 0.3 is 0 Å². The zero-order valence-corrected chi connectivity index (χ0v) is 13.2. The van der Waals surface area contributed by atoms with Gasteiger partial charge in [-0.3, -0.25) is 0 Å². The molecule has 0 spiro atoms. The lowest BCUT2D eigenvalue weighted by Gasteiger charge is -2.21. The Morgan fingerprint density at radius 3 is 2.05 bits per heavy atom. The average Bonchev–Trinajstić information content (AvgIpc) is 2.39. The van der Waals surface area contributed by atoms with Gasteiger partial charge in [0.1, 0.15) is 0 Å². The minimum absolute atomic E-state index is 0.300. The van der Waals surface area contributed by atoms with Crippen LogP contribution in [0.2, 0.25) is 0 Å². The monoisotopic (exact) mass is 272 g/mol. The van der Waals surface area contributed by atoms with Gasteiger partial charge in [0.05, 0.1) is 0 Å². The molecule has 3 nitrogen and oxygen atoms in total. The lowest BCUT2D eigenvalue weighted by Crippen LogP contribution is -2.29. The normalized spacial score (nSPS) is 11.7. The highest BCUT2D eigenvalue weighted by atomic mass is 16.3. The van der Waals surface area contributed by atoms with E-state index in [1.165, 1.54) is 45.1 Å². The number of hydrogen-bond acceptors (Lipinski definition) is 3. The Hall–Kier alpha value is -0.120. The molecule has 0 heterocycles. The first-order valence-electron chi connectivity index (χ1n) is 8.24. The maximum absolute atomic E-state index is 8.90. The SMILES string of the molecule is CC(C)CCCCCCCN(CCCN)CCCO. The van der Waals surface area contributed by atoms with Crippen LogP contribution in [0.15, 0.2) is 0 Å². The molecule has 0 aliphatic carbocycles. The van der Waals surface area contributed by atoms with Gasteiger partial charge in [-0.05, 0) is 44.8 Å². The van der Waals surface area contributed by atoms with E-state index in [1.54, 1.807) is 0 Å². The Labute approximate surface area is 120 Å². The van der Waals surface area contributed by atoms with Gasteiger partial charge in [0.25, 0.3) is 0 Å². The summed E-state index contributed by atoms with van der Waals surface area (Å²) >= 11 is 0. The largest absolute Gasteiger partial charge is 0.396 e. The molecule has 0 saturated heterocycles. The fourth-order valence-electron chi connectivity index (χ4n) is 2.36. The summed E-state index contributed by atoms with van der Waals surface area (Å²) in [5.41, 5.74) is 5.56. The molecule has 0 aliphatic heterocycles. The topological polar surface area (TPSA) is 49.5 Å². The molecule has 0 amide bonds. The van der Waals surface area contributed by atoms with E-state index in [0.717, 1.165) is 38.4 Å². The molecule has 0 unspecified atom stereocenters. The summed E-state index contributed by atoms with van der Waals surface area (Å²) in [7, 11) is 0. The van der Waals surface area contributed by atoms with Gasteiger partial charge in [-0.15, -0.1) is 0 Å². The van der Waals surface area contributed by atoms with Crippen molar-refractivity contribution in [1.82, 2.24) is 4.90 Å². The first-order valence-corrected chi connectivity index (χ1v) is 8.24. The van der Waals surface area contributed by atoms with E-state index in [9.17, 15) is 0 Å². The number of hydrogen-bond donors (Lipinski definition) is 2. The van der Waals surface area contributed by atoms with Crippen LogP contribution in [0.5, 0.6) is 0 Å². The molecule has 0 fully saturated rings. The van der Waals surface area contributed by atoms with Crippen LogP contribution in [0, 0.1) is 5.92 Å². The summed E-state index contributed by atoms with van der Waals surface area (Å²) in [6.45, 7) is 8.95. The predicted molar refractivity (Wildman–Crippen MR) is 84.4 cm³/mol. The van der Waals surface area contributed by atoms with Gasteiger partial charge in [-0.1, -0.05) is 46.0 Å². The summed E-state index contributed by atoms with van der Waals surface area (Å²) < 4.78 is 0. The third-order valence-electron chi connectivity index (χ3n) is 3.57. The van der Waals surface area contributed by atoms with Crippen LogP contribution in [-0.4, -0.2) is 42.8 Å². The number of nitrogens with two attached hydrogens (primary N) is 1. The van der Waals surface area contributed by atoms with Crippen molar-refractivity contribution in [2.24, 2.45) is 11.7 Å². The molecule has 3 heteroatoms. The van der Waals surface area contributed by atoms with E-state index < -0.39 is 0 Å². The van der Waals surface area contributed by atoms with Crippen molar-refractivity contribution in [2.45, 2.75) is 65.2 Å². The van der Waals surface area contributed by atoms with Crippen molar-refractivity contribution in [1.29, 1.82) is 0 Å². The number of rotatable bonds is 14. The maximum Gasteiger partial charge on any atom is 0.0443 e. The third kappa shape index (κ3) is 14.1. The van der Waals surface area contributed by atoms with Gasteiger partial charge in [-0.25, -0.2) is 0 Å². The van der Waals surface area contributed by atoms with E-state index >= 15 is 0 Å². The van der Waals surface area contributed by atoms with Crippen LogP contribution < -0.4 is 5.73 Å². The van der Waals surface area contributed by atoms with Crippen LogP contribution in [0.1, 0.15) is 65.2 Å². The Bertz CT molecular complexity index is 166. The molecule has 116 valence electrons. The molecule has 0 aromatic rings. The Balaban J connectivity index is 3.45. The highest BCUT2D eigenvalue weighted by Gasteiger charge is 2.03. The van der Waals surface area contributed by atoms with Crippen LogP contribution in [0.25, 0.3) is 0 Å². The number of aliphatic hydroxyl groups excluding tert-OH is 1. The van der Waals surface area contributed by atoms with Crippen molar-refractivity contribution < 1.29 is 5.11 Å². The smallest absolute Gasteiger partial charge is 0.0443 e. The van der Waals surface area contributed by atoms with E-state index in [2.05, 4.69) is 18.7 Å². The van der Waals surface area contributed by atoms with Gasteiger partial charge in [0, 0.05) is 13.2 Å². The second kappa shape index (κ2) is 14.3. The lowest BCUT2D eigenvalue weighted by molar-refractivity contribution is 0.219. The second-order valence-electron chi connectivity index (χ2n) is 6.01. The molecule has 3 N–H and O–H groups in total. The highest BCUT2D eigenvalue weighted by molar-refractivity contribution is 4.59. The summed E-state index contributed by atoms with van der Waals surface area (Å²) in [6, 6.07) is 0. The molecular formula is C16H36N2O. The van der Waals surface area contributed by atoms with E-state index in [4.69, 9.17) is 10.8 Å². The predicted octanol–water partition coefficient (Wildman–Crippen LogP) is 3.02. The average molecular weight is 272 g/mol. The van der Waals surface area contributed by atoms with E-state index in [1.807, 2.05) is 0 Å². The van der Waals surface area contributed by atoms with E-state index in [0.29, 0.717) is 6.61 Å². The molecule has 0 aromatic carbocycles. The molecular weight excluding hydrogens is 236 g/mol. The Morgan fingerprint density at radius 1 is 0.842 bits per heavy atom. The first kappa shape index (κ1) is 18.9. The first-order chi connectivity index (χ1) is 9.20. The van der Waals surface area contributed by atoms with E-state index in [-0.39, 0.29) is 0 Å². The molecule has 0 rings (SSSR count). The third-order valence-corrected chi connectivity index (χ3v) is 3.57. The fourth-order valence-corrected chi connectivity index (χ4v) is 2.36. The molecule has 0 saturated carbocycles. The zero-order chi connectivity index (χ0) is 14.3. The van der Waals surface area contributed by atoms with Crippen LogP contribution >= 0.6 is 0 Å².